The highest BCUT2D eigenvalue weighted by Gasteiger charge is 2.51. The normalized spacial score (nSPS) is 17.2. The predicted molar refractivity (Wildman–Crippen MR) is 124 cm³/mol. The van der Waals surface area contributed by atoms with Crippen LogP contribution in [0.3, 0.4) is 0 Å². The molecule has 6 rings (SSSR count). The Kier molecular flexibility index (Phi) is 4.76. The van der Waals surface area contributed by atoms with Crippen LogP contribution in [-0.2, 0) is 9.53 Å². The average molecular weight is 463 g/mol. The summed E-state index contributed by atoms with van der Waals surface area (Å²) in [6.07, 6.45) is 4.03. The van der Waals surface area contributed by atoms with Gasteiger partial charge in [0.05, 0.1) is 25.1 Å². The molecule has 4 aromatic rings. The molecule has 1 amide bonds. The smallest absolute Gasteiger partial charge is 0.263 e. The molecule has 11 nitrogen and oxygen atoms in total. The summed E-state index contributed by atoms with van der Waals surface area (Å²) in [5.41, 5.74) is 1.03. The van der Waals surface area contributed by atoms with Gasteiger partial charge in [0.2, 0.25) is 0 Å². The number of halogens is 1. The van der Waals surface area contributed by atoms with E-state index in [1.54, 1.807) is 23.8 Å². The first-order valence-electron chi connectivity index (χ1n) is 11.1. The molecule has 0 bridgehead atoms. The molecular weight excluding hydrogens is 441 g/mol. The van der Waals surface area contributed by atoms with Gasteiger partial charge in [-0.15, -0.1) is 15.3 Å². The first-order chi connectivity index (χ1) is 16.5. The highest BCUT2D eigenvalue weighted by molar-refractivity contribution is 6.02. The van der Waals surface area contributed by atoms with Gasteiger partial charge in [0.1, 0.15) is 5.52 Å². The van der Waals surface area contributed by atoms with Gasteiger partial charge in [-0.3, -0.25) is 4.79 Å². The van der Waals surface area contributed by atoms with Gasteiger partial charge in [0.15, 0.2) is 28.8 Å². The zero-order valence-corrected chi connectivity index (χ0v) is 18.5. The van der Waals surface area contributed by atoms with Crippen LogP contribution in [0.15, 0.2) is 30.6 Å². The maximum atomic E-state index is 14.1. The first-order valence-corrected chi connectivity index (χ1v) is 11.1. The van der Waals surface area contributed by atoms with Crippen molar-refractivity contribution in [3.63, 3.8) is 0 Å². The topological polar surface area (TPSA) is 122 Å². The van der Waals surface area contributed by atoms with Crippen LogP contribution in [0, 0.1) is 0 Å². The molecule has 0 spiro atoms. The molecule has 34 heavy (non-hydrogen) atoms. The summed E-state index contributed by atoms with van der Waals surface area (Å²) in [4.78, 5) is 23.5. The van der Waals surface area contributed by atoms with E-state index < -0.39 is 11.6 Å². The van der Waals surface area contributed by atoms with Crippen molar-refractivity contribution in [1.82, 2.24) is 29.8 Å². The van der Waals surface area contributed by atoms with Gasteiger partial charge in [-0.2, -0.15) is 0 Å². The molecule has 1 aliphatic heterocycles. The van der Waals surface area contributed by atoms with Crippen molar-refractivity contribution >= 4 is 39.8 Å². The van der Waals surface area contributed by atoms with Crippen molar-refractivity contribution in [2.24, 2.45) is 0 Å². The van der Waals surface area contributed by atoms with Gasteiger partial charge in [0.25, 0.3) is 5.91 Å². The molecule has 0 aromatic carbocycles. The van der Waals surface area contributed by atoms with E-state index in [4.69, 9.17) is 4.74 Å². The van der Waals surface area contributed by atoms with Crippen LogP contribution in [-0.4, -0.2) is 74.7 Å². The van der Waals surface area contributed by atoms with Gasteiger partial charge in [-0.05, 0) is 31.0 Å². The SMILES string of the molecule is CNc1ncc(-c2nc3ccc(N4CCOCC4)cn3n2)c2cc(NC(=O)C3(F)CC3)nnc12. The molecule has 12 heteroatoms. The summed E-state index contributed by atoms with van der Waals surface area (Å²) in [6.45, 7) is 3.03. The number of rotatable bonds is 5. The number of carbonyl (C=O) groups excluding carboxylic acids is 1. The van der Waals surface area contributed by atoms with Crippen LogP contribution in [0.25, 0.3) is 27.9 Å². The zero-order valence-electron chi connectivity index (χ0n) is 18.5. The number of carbonyl (C=O) groups is 1. The van der Waals surface area contributed by atoms with Crippen molar-refractivity contribution < 1.29 is 13.9 Å². The fourth-order valence-electron chi connectivity index (χ4n) is 4.01. The maximum Gasteiger partial charge on any atom is 0.263 e. The van der Waals surface area contributed by atoms with Gasteiger partial charge in [-0.25, -0.2) is 18.9 Å². The standard InChI is InChI=1S/C22H22FN9O2/c1-24-20-18-14(10-16(28-29-18)26-21(33)22(23)4-5-22)15(11-25-20)19-27-17-3-2-13(12-32(17)30-19)31-6-8-34-9-7-31/h2-3,10-12H,4-9H2,1H3,(H,24,25)(H,26,28,33). The van der Waals surface area contributed by atoms with Crippen molar-refractivity contribution in [2.45, 2.75) is 18.5 Å². The molecule has 0 radical (unpaired) electrons. The van der Waals surface area contributed by atoms with Crippen molar-refractivity contribution in [1.29, 1.82) is 0 Å². The number of alkyl halides is 1. The Hall–Kier alpha value is -3.93. The van der Waals surface area contributed by atoms with E-state index in [1.807, 2.05) is 18.3 Å². The number of nitrogens with zero attached hydrogens (tertiary/aromatic N) is 7. The van der Waals surface area contributed by atoms with E-state index >= 15 is 0 Å². The molecule has 174 valence electrons. The highest BCUT2D eigenvalue weighted by Crippen LogP contribution is 2.40. The van der Waals surface area contributed by atoms with Gasteiger partial charge < -0.3 is 20.3 Å². The van der Waals surface area contributed by atoms with Crippen LogP contribution in [0.1, 0.15) is 12.8 Å². The number of fused-ring (bicyclic) bond motifs is 2. The molecular formula is C22H22FN9O2. The number of pyridine rings is 2. The first kappa shape index (κ1) is 20.7. The van der Waals surface area contributed by atoms with E-state index in [0.717, 1.165) is 18.8 Å². The molecule has 1 saturated carbocycles. The number of anilines is 3. The van der Waals surface area contributed by atoms with E-state index in [-0.39, 0.29) is 18.7 Å². The minimum absolute atomic E-state index is 0.161. The fourth-order valence-corrected chi connectivity index (χ4v) is 4.01. The summed E-state index contributed by atoms with van der Waals surface area (Å²) in [5, 5.41) is 19.1. The summed E-state index contributed by atoms with van der Waals surface area (Å²) >= 11 is 0. The third kappa shape index (κ3) is 3.55. The number of nitrogens with one attached hydrogen (secondary N) is 2. The lowest BCUT2D eigenvalue weighted by atomic mass is 10.1. The van der Waals surface area contributed by atoms with Gasteiger partial charge in [-0.1, -0.05) is 0 Å². The molecule has 0 atom stereocenters. The Labute approximate surface area is 193 Å². The maximum absolute atomic E-state index is 14.1. The number of aromatic nitrogens is 6. The van der Waals surface area contributed by atoms with Crippen LogP contribution >= 0.6 is 0 Å². The predicted octanol–water partition coefficient (Wildman–Crippen LogP) is 2.05. The molecule has 1 saturated heterocycles. The van der Waals surface area contributed by atoms with Gasteiger partial charge in [0, 0.05) is 37.3 Å². The number of amides is 1. The molecule has 2 aliphatic rings. The third-order valence-electron chi connectivity index (χ3n) is 6.14. The van der Waals surface area contributed by atoms with Crippen molar-refractivity contribution in [2.75, 3.05) is 48.9 Å². The average Bonchev–Trinajstić information content (AvgIpc) is 3.48. The Balaban J connectivity index is 1.41. The molecule has 5 heterocycles. The summed E-state index contributed by atoms with van der Waals surface area (Å²) < 4.78 is 21.3. The number of hydrogen-bond donors (Lipinski definition) is 2. The zero-order chi connectivity index (χ0) is 23.3. The molecule has 4 aromatic heterocycles. The highest BCUT2D eigenvalue weighted by atomic mass is 19.1. The summed E-state index contributed by atoms with van der Waals surface area (Å²) in [5.74, 6) is 0.432. The van der Waals surface area contributed by atoms with Crippen LogP contribution in [0.4, 0.5) is 21.7 Å². The summed E-state index contributed by atoms with van der Waals surface area (Å²) in [7, 11) is 1.73. The number of hydrogen-bond acceptors (Lipinski definition) is 9. The Morgan fingerprint density at radius 2 is 2.03 bits per heavy atom. The Morgan fingerprint density at radius 1 is 1.21 bits per heavy atom. The minimum atomic E-state index is -1.81. The Bertz CT molecular complexity index is 1410. The lowest BCUT2D eigenvalue weighted by molar-refractivity contribution is -0.122. The lowest BCUT2D eigenvalue weighted by Gasteiger charge is -2.28. The quantitative estimate of drug-likeness (QED) is 0.458. The monoisotopic (exact) mass is 463 g/mol. The van der Waals surface area contributed by atoms with Crippen molar-refractivity contribution in [3.8, 4) is 11.4 Å². The van der Waals surface area contributed by atoms with Crippen molar-refractivity contribution in [3.05, 3.63) is 30.6 Å². The second kappa shape index (κ2) is 7.83. The van der Waals surface area contributed by atoms with E-state index in [1.165, 1.54) is 0 Å². The lowest BCUT2D eigenvalue weighted by Crippen LogP contribution is -2.36. The molecule has 2 fully saturated rings. The van der Waals surface area contributed by atoms with E-state index in [0.29, 0.717) is 47.0 Å². The second-order valence-electron chi connectivity index (χ2n) is 8.41. The fraction of sp³-hybridized carbons (Fsp3) is 0.364. The molecule has 2 N–H and O–H groups in total. The second-order valence-corrected chi connectivity index (χ2v) is 8.41. The molecule has 0 unspecified atom stereocenters. The van der Waals surface area contributed by atoms with Crippen LogP contribution < -0.4 is 15.5 Å². The number of morpholine rings is 1. The minimum Gasteiger partial charge on any atom is -0.378 e. The largest absolute Gasteiger partial charge is 0.378 e. The van der Waals surface area contributed by atoms with Crippen LogP contribution in [0.5, 0.6) is 0 Å². The third-order valence-corrected chi connectivity index (χ3v) is 6.14. The van der Waals surface area contributed by atoms with E-state index in [9.17, 15) is 9.18 Å². The molecule has 1 aliphatic carbocycles. The summed E-state index contributed by atoms with van der Waals surface area (Å²) in [6, 6.07) is 5.58. The number of ether oxygens (including phenoxy) is 1. The van der Waals surface area contributed by atoms with Gasteiger partial charge >= 0.3 is 0 Å². The van der Waals surface area contributed by atoms with E-state index in [2.05, 4.69) is 40.8 Å². The van der Waals surface area contributed by atoms with Crippen LogP contribution in [0.2, 0.25) is 0 Å². The Morgan fingerprint density at radius 3 is 2.79 bits per heavy atom.